The summed E-state index contributed by atoms with van der Waals surface area (Å²) < 4.78 is 8.24. The van der Waals surface area contributed by atoms with Gasteiger partial charge in [0.25, 0.3) is 0 Å². The third-order valence-corrected chi connectivity index (χ3v) is 7.00. The summed E-state index contributed by atoms with van der Waals surface area (Å²) in [7, 11) is 0. The second-order valence-electron chi connectivity index (χ2n) is 8.18. The molecular weight excluding hydrogens is 414 g/mol. The van der Waals surface area contributed by atoms with Crippen molar-refractivity contribution in [3.8, 4) is 17.1 Å². The molecule has 0 aliphatic heterocycles. The van der Waals surface area contributed by atoms with Gasteiger partial charge in [0.05, 0.1) is 6.10 Å². The highest BCUT2D eigenvalue weighted by Gasteiger charge is 2.17. The number of thioether (sulfide) groups is 1. The molecule has 0 spiro atoms. The van der Waals surface area contributed by atoms with E-state index in [0.29, 0.717) is 12.6 Å². The molecule has 1 aliphatic carbocycles. The van der Waals surface area contributed by atoms with Gasteiger partial charge in [-0.3, -0.25) is 4.57 Å². The zero-order chi connectivity index (χ0) is 21.8. The summed E-state index contributed by atoms with van der Waals surface area (Å²) in [4.78, 5) is 0. The Hall–Kier alpha value is -3.05. The lowest BCUT2D eigenvalue weighted by molar-refractivity contribution is 0.210. The number of allylic oxidation sites excluding steroid dienone is 1. The minimum Gasteiger partial charge on any atom is -0.490 e. The first-order valence-electron chi connectivity index (χ1n) is 11.2. The smallest absolute Gasteiger partial charge is 0.192 e. The molecule has 1 heterocycles. The summed E-state index contributed by atoms with van der Waals surface area (Å²) in [6.45, 7) is 4.60. The van der Waals surface area contributed by atoms with Crippen LogP contribution in [0.5, 0.6) is 5.75 Å². The molecule has 162 valence electrons. The van der Waals surface area contributed by atoms with Crippen molar-refractivity contribution in [1.29, 1.82) is 0 Å². The van der Waals surface area contributed by atoms with E-state index in [1.165, 1.54) is 29.2 Å². The highest BCUT2D eigenvalue weighted by molar-refractivity contribution is 7.98. The number of fused-ring (bicyclic) bond motifs is 1. The molecule has 4 aromatic rings. The molecular formula is C27H27N3OS. The van der Waals surface area contributed by atoms with Crippen molar-refractivity contribution < 1.29 is 4.74 Å². The van der Waals surface area contributed by atoms with E-state index in [0.717, 1.165) is 40.9 Å². The summed E-state index contributed by atoms with van der Waals surface area (Å²) in [6, 6.07) is 23.2. The third-order valence-electron chi connectivity index (χ3n) is 5.98. The molecule has 0 N–H and O–H groups in total. The fraction of sp³-hybridized carbons (Fsp3) is 0.259. The lowest BCUT2D eigenvalue weighted by Gasteiger charge is -2.13. The molecule has 0 unspecified atom stereocenters. The molecule has 4 nitrogen and oxygen atoms in total. The summed E-state index contributed by atoms with van der Waals surface area (Å²) in [5.41, 5.74) is 2.34. The predicted molar refractivity (Wildman–Crippen MR) is 132 cm³/mol. The number of benzene rings is 3. The molecule has 3 aromatic carbocycles. The Bertz CT molecular complexity index is 1200. The van der Waals surface area contributed by atoms with Gasteiger partial charge >= 0.3 is 0 Å². The van der Waals surface area contributed by atoms with Crippen LogP contribution in [0.2, 0.25) is 0 Å². The van der Waals surface area contributed by atoms with Gasteiger partial charge in [-0.1, -0.05) is 60.3 Å². The first-order valence-corrected chi connectivity index (χ1v) is 12.2. The molecule has 0 saturated heterocycles. The van der Waals surface area contributed by atoms with Gasteiger partial charge < -0.3 is 4.74 Å². The van der Waals surface area contributed by atoms with Crippen molar-refractivity contribution in [2.24, 2.45) is 0 Å². The second kappa shape index (κ2) is 9.61. The third kappa shape index (κ3) is 4.44. The zero-order valence-corrected chi connectivity index (χ0v) is 18.9. The predicted octanol–water partition coefficient (Wildman–Crippen LogP) is 6.90. The number of hydrogen-bond donors (Lipinski definition) is 0. The van der Waals surface area contributed by atoms with Crippen LogP contribution in [0.15, 0.2) is 84.5 Å². The number of hydrogen-bond acceptors (Lipinski definition) is 4. The first kappa shape index (κ1) is 20.8. The van der Waals surface area contributed by atoms with Crippen molar-refractivity contribution in [3.63, 3.8) is 0 Å². The Labute approximate surface area is 193 Å². The van der Waals surface area contributed by atoms with E-state index >= 15 is 0 Å². The maximum Gasteiger partial charge on any atom is 0.192 e. The van der Waals surface area contributed by atoms with Crippen LogP contribution in [0, 0.1) is 0 Å². The molecule has 0 atom stereocenters. The Balaban J connectivity index is 1.35. The lowest BCUT2D eigenvalue weighted by Crippen LogP contribution is -2.10. The zero-order valence-electron chi connectivity index (χ0n) is 18.1. The minimum absolute atomic E-state index is 0.363. The summed E-state index contributed by atoms with van der Waals surface area (Å²) in [5.74, 6) is 2.63. The maximum absolute atomic E-state index is 6.11. The standard InChI is InChI=1S/C27H27N3OS/c1-2-18-30-26(21-14-16-24(17-15-21)31-23-11-4-5-12-23)28-29-27(30)32-19-22-10-7-9-20-8-3-6-13-25(20)22/h2-3,6-10,13-17,23H,1,4-5,11-12,18-19H2. The topological polar surface area (TPSA) is 39.9 Å². The van der Waals surface area contributed by atoms with E-state index in [1.807, 2.05) is 18.2 Å². The lowest BCUT2D eigenvalue weighted by atomic mass is 10.1. The normalized spacial score (nSPS) is 14.1. The van der Waals surface area contributed by atoms with E-state index in [-0.39, 0.29) is 0 Å². The number of aromatic nitrogens is 3. The highest BCUT2D eigenvalue weighted by atomic mass is 32.2. The fourth-order valence-corrected chi connectivity index (χ4v) is 5.30. The average molecular weight is 442 g/mol. The molecule has 1 aliphatic rings. The molecule has 0 radical (unpaired) electrons. The summed E-state index contributed by atoms with van der Waals surface area (Å²) >= 11 is 1.71. The number of ether oxygens (including phenoxy) is 1. The van der Waals surface area contributed by atoms with Crippen molar-refractivity contribution in [1.82, 2.24) is 14.8 Å². The van der Waals surface area contributed by atoms with Crippen LogP contribution in [-0.4, -0.2) is 20.9 Å². The Morgan fingerprint density at radius 3 is 2.56 bits per heavy atom. The highest BCUT2D eigenvalue weighted by Crippen LogP contribution is 2.30. The average Bonchev–Trinajstić information content (AvgIpc) is 3.49. The molecule has 0 amide bonds. The van der Waals surface area contributed by atoms with Crippen LogP contribution in [0.1, 0.15) is 31.2 Å². The number of rotatable bonds is 8. The van der Waals surface area contributed by atoms with Gasteiger partial charge in [0.15, 0.2) is 11.0 Å². The summed E-state index contributed by atoms with van der Waals surface area (Å²) in [6.07, 6.45) is 7.12. The van der Waals surface area contributed by atoms with E-state index < -0.39 is 0 Å². The second-order valence-corrected chi connectivity index (χ2v) is 9.12. The molecule has 1 fully saturated rings. The van der Waals surface area contributed by atoms with E-state index in [1.54, 1.807) is 11.8 Å². The largest absolute Gasteiger partial charge is 0.490 e. The van der Waals surface area contributed by atoms with Gasteiger partial charge in [-0.2, -0.15) is 0 Å². The molecule has 32 heavy (non-hydrogen) atoms. The molecule has 1 saturated carbocycles. The Kier molecular flexibility index (Phi) is 6.26. The van der Waals surface area contributed by atoms with Crippen LogP contribution >= 0.6 is 11.8 Å². The van der Waals surface area contributed by atoms with Gasteiger partial charge in [0.2, 0.25) is 0 Å². The van der Waals surface area contributed by atoms with Gasteiger partial charge in [-0.25, -0.2) is 0 Å². The van der Waals surface area contributed by atoms with Gasteiger partial charge in [0.1, 0.15) is 5.75 Å². The van der Waals surface area contributed by atoms with Gasteiger partial charge in [-0.05, 0) is 66.3 Å². The van der Waals surface area contributed by atoms with Crippen molar-refractivity contribution in [3.05, 3.63) is 84.9 Å². The van der Waals surface area contributed by atoms with Crippen molar-refractivity contribution in [2.45, 2.75) is 49.2 Å². The quantitative estimate of drug-likeness (QED) is 0.220. The van der Waals surface area contributed by atoms with Crippen LogP contribution in [0.4, 0.5) is 0 Å². The van der Waals surface area contributed by atoms with Crippen LogP contribution in [0.25, 0.3) is 22.2 Å². The summed E-state index contributed by atoms with van der Waals surface area (Å²) in [5, 5.41) is 12.5. The SMILES string of the molecule is C=CCn1c(SCc2cccc3ccccc23)nnc1-c1ccc(OC2CCCC2)cc1. The van der Waals surface area contributed by atoms with E-state index in [4.69, 9.17) is 4.74 Å². The first-order chi connectivity index (χ1) is 15.8. The fourth-order valence-electron chi connectivity index (χ4n) is 4.34. The van der Waals surface area contributed by atoms with Gasteiger partial charge in [-0.15, -0.1) is 16.8 Å². The van der Waals surface area contributed by atoms with E-state index in [9.17, 15) is 0 Å². The molecule has 1 aromatic heterocycles. The van der Waals surface area contributed by atoms with Gasteiger partial charge in [0, 0.05) is 17.9 Å². The van der Waals surface area contributed by atoms with Crippen LogP contribution < -0.4 is 4.74 Å². The van der Waals surface area contributed by atoms with E-state index in [2.05, 4.69) is 75.9 Å². The Morgan fingerprint density at radius 1 is 0.969 bits per heavy atom. The molecule has 0 bridgehead atoms. The van der Waals surface area contributed by atoms with Crippen molar-refractivity contribution >= 4 is 22.5 Å². The van der Waals surface area contributed by atoms with Crippen molar-refractivity contribution in [2.75, 3.05) is 0 Å². The molecule has 5 heteroatoms. The number of nitrogens with zero attached hydrogens (tertiary/aromatic N) is 3. The minimum atomic E-state index is 0.363. The molecule has 5 rings (SSSR count). The van der Waals surface area contributed by atoms with Crippen LogP contribution in [-0.2, 0) is 12.3 Å². The monoisotopic (exact) mass is 441 g/mol. The Morgan fingerprint density at radius 2 is 1.75 bits per heavy atom. The van der Waals surface area contributed by atoms with Crippen LogP contribution in [0.3, 0.4) is 0 Å². The maximum atomic E-state index is 6.11.